The van der Waals surface area contributed by atoms with E-state index in [0.717, 1.165) is 0 Å². The SMILES string of the molecule is COCCOCCOc1cc(F)ccc1C#CCO. The summed E-state index contributed by atoms with van der Waals surface area (Å²) in [7, 11) is 1.60. The zero-order chi connectivity index (χ0) is 13.9. The van der Waals surface area contributed by atoms with Gasteiger partial charge in [-0.3, -0.25) is 0 Å². The van der Waals surface area contributed by atoms with Crippen molar-refractivity contribution in [2.24, 2.45) is 0 Å². The molecule has 1 aromatic rings. The zero-order valence-corrected chi connectivity index (χ0v) is 10.8. The van der Waals surface area contributed by atoms with Crippen LogP contribution in [0.5, 0.6) is 5.75 Å². The summed E-state index contributed by atoms with van der Waals surface area (Å²) in [5, 5.41) is 8.65. The van der Waals surface area contributed by atoms with Gasteiger partial charge in [0.2, 0.25) is 0 Å². The van der Waals surface area contributed by atoms with Crippen molar-refractivity contribution in [2.45, 2.75) is 0 Å². The standard InChI is InChI=1S/C14H17FO4/c1-17-7-8-18-9-10-19-14-11-13(15)5-4-12(14)3-2-6-16/h4-5,11,16H,6-10H2,1H3. The smallest absolute Gasteiger partial charge is 0.137 e. The van der Waals surface area contributed by atoms with Crippen molar-refractivity contribution >= 4 is 0 Å². The Morgan fingerprint density at radius 1 is 1.21 bits per heavy atom. The molecule has 1 N–H and O–H groups in total. The number of halogens is 1. The molecule has 0 aliphatic heterocycles. The van der Waals surface area contributed by atoms with E-state index in [4.69, 9.17) is 19.3 Å². The fourth-order valence-electron chi connectivity index (χ4n) is 1.31. The molecule has 0 spiro atoms. The van der Waals surface area contributed by atoms with Crippen LogP contribution in [0.15, 0.2) is 18.2 Å². The van der Waals surface area contributed by atoms with Crippen molar-refractivity contribution in [1.29, 1.82) is 0 Å². The minimum absolute atomic E-state index is 0.253. The lowest BCUT2D eigenvalue weighted by atomic mass is 10.2. The highest BCUT2D eigenvalue weighted by Crippen LogP contribution is 2.18. The molecule has 0 heterocycles. The highest BCUT2D eigenvalue weighted by molar-refractivity contribution is 5.46. The number of aliphatic hydroxyl groups is 1. The zero-order valence-electron chi connectivity index (χ0n) is 10.8. The fourth-order valence-corrected chi connectivity index (χ4v) is 1.31. The summed E-state index contributed by atoms with van der Waals surface area (Å²) in [6.07, 6.45) is 0. The van der Waals surface area contributed by atoms with E-state index in [2.05, 4.69) is 11.8 Å². The van der Waals surface area contributed by atoms with Crippen molar-refractivity contribution in [2.75, 3.05) is 40.1 Å². The third-order valence-electron chi connectivity index (χ3n) is 2.16. The van der Waals surface area contributed by atoms with E-state index in [1.807, 2.05) is 0 Å². The molecule has 5 heteroatoms. The second-order valence-corrected chi connectivity index (χ2v) is 3.55. The quantitative estimate of drug-likeness (QED) is 0.596. The van der Waals surface area contributed by atoms with Gasteiger partial charge in [0.1, 0.15) is 24.8 Å². The summed E-state index contributed by atoms with van der Waals surface area (Å²) in [5.74, 6) is 5.14. The number of hydrogen-bond acceptors (Lipinski definition) is 4. The third-order valence-corrected chi connectivity index (χ3v) is 2.16. The van der Waals surface area contributed by atoms with E-state index in [-0.39, 0.29) is 6.61 Å². The van der Waals surface area contributed by atoms with Gasteiger partial charge in [0, 0.05) is 13.2 Å². The maximum atomic E-state index is 13.1. The molecular formula is C14H17FO4. The predicted octanol–water partition coefficient (Wildman–Crippen LogP) is 1.21. The molecule has 0 aromatic heterocycles. The van der Waals surface area contributed by atoms with Crippen molar-refractivity contribution in [3.05, 3.63) is 29.6 Å². The second kappa shape index (κ2) is 9.34. The van der Waals surface area contributed by atoms with Gasteiger partial charge in [0.25, 0.3) is 0 Å². The minimum Gasteiger partial charge on any atom is -0.490 e. The van der Waals surface area contributed by atoms with Gasteiger partial charge in [-0.2, -0.15) is 0 Å². The van der Waals surface area contributed by atoms with Crippen LogP contribution >= 0.6 is 0 Å². The summed E-state index contributed by atoms with van der Waals surface area (Å²) in [5.41, 5.74) is 0.535. The van der Waals surface area contributed by atoms with Crippen molar-refractivity contribution in [3.63, 3.8) is 0 Å². The lowest BCUT2D eigenvalue weighted by Gasteiger charge is -2.09. The molecule has 4 nitrogen and oxygen atoms in total. The third kappa shape index (κ3) is 6.20. The Kier molecular flexibility index (Phi) is 7.59. The van der Waals surface area contributed by atoms with Crippen LogP contribution in [0.25, 0.3) is 0 Å². The highest BCUT2D eigenvalue weighted by Gasteiger charge is 2.03. The Morgan fingerprint density at radius 2 is 2.00 bits per heavy atom. The number of methoxy groups -OCH3 is 1. The van der Waals surface area contributed by atoms with Crippen molar-refractivity contribution in [1.82, 2.24) is 0 Å². The first-order valence-electron chi connectivity index (χ1n) is 5.86. The molecule has 0 unspecified atom stereocenters. The molecule has 0 fully saturated rings. The number of rotatable bonds is 7. The average Bonchev–Trinajstić information content (AvgIpc) is 2.42. The number of hydrogen-bond donors (Lipinski definition) is 1. The van der Waals surface area contributed by atoms with Crippen LogP contribution in [-0.2, 0) is 9.47 Å². The van der Waals surface area contributed by atoms with Gasteiger partial charge in [-0.25, -0.2) is 4.39 Å². The van der Waals surface area contributed by atoms with E-state index in [1.165, 1.54) is 18.2 Å². The highest BCUT2D eigenvalue weighted by atomic mass is 19.1. The molecular weight excluding hydrogens is 251 g/mol. The monoisotopic (exact) mass is 268 g/mol. The van der Waals surface area contributed by atoms with Crippen LogP contribution < -0.4 is 4.74 Å². The first-order chi connectivity index (χ1) is 9.27. The summed E-state index contributed by atoms with van der Waals surface area (Å²) in [6.45, 7) is 1.43. The second-order valence-electron chi connectivity index (χ2n) is 3.55. The Labute approximate surface area is 112 Å². The summed E-state index contributed by atoms with van der Waals surface area (Å²) >= 11 is 0. The van der Waals surface area contributed by atoms with Crippen LogP contribution in [0.2, 0.25) is 0 Å². The molecule has 0 saturated carbocycles. The minimum atomic E-state index is -0.398. The normalized spacial score (nSPS) is 9.84. The van der Waals surface area contributed by atoms with Crippen LogP contribution in [0.4, 0.5) is 4.39 Å². The molecule has 0 radical (unpaired) electrons. The molecule has 0 aliphatic carbocycles. The Morgan fingerprint density at radius 3 is 2.74 bits per heavy atom. The van der Waals surface area contributed by atoms with Crippen LogP contribution in [-0.4, -0.2) is 45.3 Å². The summed E-state index contributed by atoms with van der Waals surface area (Å²) in [6, 6.07) is 4.07. The van der Waals surface area contributed by atoms with Gasteiger partial charge in [-0.1, -0.05) is 11.8 Å². The molecule has 0 bridgehead atoms. The largest absolute Gasteiger partial charge is 0.490 e. The van der Waals surface area contributed by atoms with Gasteiger partial charge < -0.3 is 19.3 Å². The lowest BCUT2D eigenvalue weighted by Crippen LogP contribution is -2.10. The molecule has 1 rings (SSSR count). The van der Waals surface area contributed by atoms with Crippen molar-refractivity contribution in [3.8, 4) is 17.6 Å². The van der Waals surface area contributed by atoms with Crippen LogP contribution in [0.3, 0.4) is 0 Å². The molecule has 0 atom stereocenters. The molecule has 0 saturated heterocycles. The number of aliphatic hydroxyl groups excluding tert-OH is 1. The van der Waals surface area contributed by atoms with Crippen LogP contribution in [0, 0.1) is 17.7 Å². The van der Waals surface area contributed by atoms with E-state index in [0.29, 0.717) is 37.7 Å². The first-order valence-corrected chi connectivity index (χ1v) is 5.86. The van der Waals surface area contributed by atoms with Gasteiger partial charge in [-0.15, -0.1) is 0 Å². The van der Waals surface area contributed by atoms with E-state index >= 15 is 0 Å². The molecule has 1 aromatic carbocycles. The topological polar surface area (TPSA) is 47.9 Å². The van der Waals surface area contributed by atoms with E-state index in [9.17, 15) is 4.39 Å². The lowest BCUT2D eigenvalue weighted by molar-refractivity contribution is 0.0543. The maximum Gasteiger partial charge on any atom is 0.137 e. The Hall–Kier alpha value is -1.61. The fraction of sp³-hybridized carbons (Fsp3) is 0.429. The van der Waals surface area contributed by atoms with Gasteiger partial charge >= 0.3 is 0 Å². The Bertz CT molecular complexity index is 437. The number of benzene rings is 1. The van der Waals surface area contributed by atoms with Crippen LogP contribution in [0.1, 0.15) is 5.56 Å². The number of ether oxygens (including phenoxy) is 3. The summed E-state index contributed by atoms with van der Waals surface area (Å²) < 4.78 is 28.6. The van der Waals surface area contributed by atoms with Crippen molar-refractivity contribution < 1.29 is 23.7 Å². The molecule has 0 aliphatic rings. The van der Waals surface area contributed by atoms with Gasteiger partial charge in [0.05, 0.1) is 25.4 Å². The molecule has 0 amide bonds. The van der Waals surface area contributed by atoms with E-state index < -0.39 is 5.82 Å². The first kappa shape index (κ1) is 15.4. The summed E-state index contributed by atoms with van der Waals surface area (Å²) in [4.78, 5) is 0. The Balaban J connectivity index is 2.49. The molecule has 104 valence electrons. The maximum absolute atomic E-state index is 13.1. The van der Waals surface area contributed by atoms with Gasteiger partial charge in [-0.05, 0) is 12.1 Å². The predicted molar refractivity (Wildman–Crippen MR) is 68.6 cm³/mol. The van der Waals surface area contributed by atoms with E-state index in [1.54, 1.807) is 7.11 Å². The average molecular weight is 268 g/mol. The molecule has 19 heavy (non-hydrogen) atoms. The van der Waals surface area contributed by atoms with Gasteiger partial charge in [0.15, 0.2) is 0 Å².